The fourth-order valence-electron chi connectivity index (χ4n) is 10.0. The van der Waals surface area contributed by atoms with Gasteiger partial charge in [0.15, 0.2) is 0 Å². The van der Waals surface area contributed by atoms with Gasteiger partial charge in [0.05, 0.1) is 18.8 Å². The molecule has 4 bridgehead atoms. The van der Waals surface area contributed by atoms with E-state index in [9.17, 15) is 4.79 Å². The molecule has 0 radical (unpaired) electrons. The maximum atomic E-state index is 13.7. The van der Waals surface area contributed by atoms with Gasteiger partial charge in [-0.1, -0.05) is 37.1 Å². The lowest BCUT2D eigenvalue weighted by Crippen LogP contribution is -2.74. The van der Waals surface area contributed by atoms with Crippen LogP contribution >= 0.6 is 0 Å². The van der Waals surface area contributed by atoms with E-state index in [1.165, 1.54) is 43.4 Å². The molecule has 3 aliphatic carbocycles. The summed E-state index contributed by atoms with van der Waals surface area (Å²) in [7, 11) is 1.78. The molecular weight excluding hydrogens is 460 g/mol. The molecule has 3 heterocycles. The Morgan fingerprint density at radius 1 is 1.08 bits per heavy atom. The minimum absolute atomic E-state index is 0.0364. The van der Waals surface area contributed by atoms with Crippen LogP contribution in [0, 0.1) is 11.8 Å². The van der Waals surface area contributed by atoms with Crippen molar-refractivity contribution in [2.45, 2.75) is 80.6 Å². The molecule has 194 valence electrons. The normalized spacial score (nSPS) is 37.9. The molecule has 8 rings (SSSR count). The quantitative estimate of drug-likeness (QED) is 0.606. The van der Waals surface area contributed by atoms with Crippen LogP contribution in [-0.2, 0) is 16.6 Å². The third-order valence-corrected chi connectivity index (χ3v) is 11.3. The highest BCUT2D eigenvalue weighted by molar-refractivity contribution is 5.94. The number of fused-ring (bicyclic) bond motifs is 1. The molecule has 0 unspecified atom stereocenters. The lowest BCUT2D eigenvalue weighted by molar-refractivity contribution is -0.172. The Kier molecular flexibility index (Phi) is 4.93. The topological polar surface area (TPSA) is 42.0 Å². The number of piperidine rings is 1. The summed E-state index contributed by atoms with van der Waals surface area (Å²) in [6, 6.07) is 17.3. The highest BCUT2D eigenvalue weighted by atomic mass is 16.5. The summed E-state index contributed by atoms with van der Waals surface area (Å²) in [5.74, 6) is 2.32. The van der Waals surface area contributed by atoms with Gasteiger partial charge in [-0.25, -0.2) is 0 Å². The van der Waals surface area contributed by atoms with Gasteiger partial charge in [0.1, 0.15) is 5.75 Å². The molecule has 5 heteroatoms. The predicted molar refractivity (Wildman–Crippen MR) is 142 cm³/mol. The molecule has 5 fully saturated rings. The first-order valence-electron chi connectivity index (χ1n) is 14.6. The van der Waals surface area contributed by atoms with Crippen molar-refractivity contribution in [1.82, 2.24) is 9.80 Å². The minimum Gasteiger partial charge on any atom is -0.497 e. The van der Waals surface area contributed by atoms with E-state index >= 15 is 0 Å². The molecule has 0 spiro atoms. The number of rotatable bonds is 4. The Morgan fingerprint density at radius 3 is 2.73 bits per heavy atom. The highest BCUT2D eigenvalue weighted by Crippen LogP contribution is 2.69. The summed E-state index contributed by atoms with van der Waals surface area (Å²) in [6.45, 7) is 3.10. The van der Waals surface area contributed by atoms with Gasteiger partial charge >= 0.3 is 0 Å². The molecule has 0 aromatic heterocycles. The van der Waals surface area contributed by atoms with Crippen molar-refractivity contribution < 1.29 is 14.3 Å². The molecule has 0 N–H and O–H groups in total. The van der Waals surface area contributed by atoms with E-state index in [-0.39, 0.29) is 29.1 Å². The smallest absolute Gasteiger partial charge is 0.254 e. The number of carbonyl (C=O) groups is 1. The second-order valence-electron chi connectivity index (χ2n) is 12.6. The second kappa shape index (κ2) is 8.07. The molecule has 6 atom stereocenters. The van der Waals surface area contributed by atoms with Crippen LogP contribution in [0.4, 0.5) is 0 Å². The molecule has 2 aromatic rings. The monoisotopic (exact) mass is 498 g/mol. The number of ether oxygens (including phenoxy) is 2. The van der Waals surface area contributed by atoms with Gasteiger partial charge in [-0.15, -0.1) is 0 Å². The third kappa shape index (κ3) is 2.90. The van der Waals surface area contributed by atoms with E-state index in [0.717, 1.165) is 56.0 Å². The molecule has 3 aliphatic heterocycles. The number of amides is 1. The van der Waals surface area contributed by atoms with Crippen molar-refractivity contribution in [3.8, 4) is 5.75 Å². The lowest BCUT2D eigenvalue weighted by atomic mass is 9.46. The maximum Gasteiger partial charge on any atom is 0.254 e. The molecule has 37 heavy (non-hydrogen) atoms. The van der Waals surface area contributed by atoms with E-state index in [1.54, 1.807) is 7.11 Å². The van der Waals surface area contributed by atoms with Crippen LogP contribution in [0.5, 0.6) is 5.75 Å². The summed E-state index contributed by atoms with van der Waals surface area (Å²) < 4.78 is 13.2. The molecule has 2 aromatic carbocycles. The van der Waals surface area contributed by atoms with Gasteiger partial charge in [0.2, 0.25) is 0 Å². The van der Waals surface area contributed by atoms with Crippen molar-refractivity contribution in [1.29, 1.82) is 0 Å². The van der Waals surface area contributed by atoms with E-state index in [4.69, 9.17) is 9.47 Å². The Labute approximate surface area is 220 Å². The molecular formula is C32H38N2O3. The van der Waals surface area contributed by atoms with Crippen LogP contribution in [0.15, 0.2) is 48.5 Å². The zero-order valence-electron chi connectivity index (χ0n) is 21.9. The van der Waals surface area contributed by atoms with Crippen molar-refractivity contribution in [2.75, 3.05) is 26.7 Å². The van der Waals surface area contributed by atoms with Gasteiger partial charge < -0.3 is 14.4 Å². The Hall–Kier alpha value is -2.37. The van der Waals surface area contributed by atoms with Gasteiger partial charge in [0.25, 0.3) is 5.91 Å². The Morgan fingerprint density at radius 2 is 1.92 bits per heavy atom. The standard InChI is InChI=1S/C32H38N2O3/c1-36-24-12-11-23-17-28-32-14-13-26-29(27(37-32)20-34(26)30(35)22-9-3-2-4-10-22)31(32,25(23)18-24)15-16-33(28)19-21-7-5-6-8-21/h2-4,9-12,18,21,26-29H,5-8,13-17,19-20H2,1H3/t26-,27-,28-,29+,31+,32-/m1/s1. The predicted octanol–water partition coefficient (Wildman–Crippen LogP) is 4.83. The average molecular weight is 499 g/mol. The Balaban J connectivity index is 1.23. The summed E-state index contributed by atoms with van der Waals surface area (Å²) in [5.41, 5.74) is 3.57. The van der Waals surface area contributed by atoms with Crippen LogP contribution < -0.4 is 4.74 Å². The first-order chi connectivity index (χ1) is 18.1. The van der Waals surface area contributed by atoms with E-state index in [0.29, 0.717) is 12.0 Å². The molecule has 6 aliphatic rings. The zero-order valence-corrected chi connectivity index (χ0v) is 21.9. The number of methoxy groups -OCH3 is 1. The van der Waals surface area contributed by atoms with Gasteiger partial charge in [-0.3, -0.25) is 9.69 Å². The summed E-state index contributed by atoms with van der Waals surface area (Å²) in [4.78, 5) is 18.7. The number of hydrogen-bond donors (Lipinski definition) is 0. The van der Waals surface area contributed by atoms with Crippen LogP contribution in [-0.4, -0.2) is 66.2 Å². The number of benzene rings is 2. The highest BCUT2D eigenvalue weighted by Gasteiger charge is 2.78. The van der Waals surface area contributed by atoms with Crippen molar-refractivity contribution in [3.63, 3.8) is 0 Å². The fourth-order valence-corrected chi connectivity index (χ4v) is 10.0. The van der Waals surface area contributed by atoms with Crippen LogP contribution in [0.1, 0.15) is 66.4 Å². The van der Waals surface area contributed by atoms with Crippen molar-refractivity contribution >= 4 is 5.91 Å². The molecule has 2 saturated carbocycles. The first-order valence-corrected chi connectivity index (χ1v) is 14.6. The van der Waals surface area contributed by atoms with Gasteiger partial charge in [-0.05, 0) is 86.4 Å². The third-order valence-electron chi connectivity index (χ3n) is 11.3. The number of carbonyl (C=O) groups excluding carboxylic acids is 1. The summed E-state index contributed by atoms with van der Waals surface area (Å²) in [6.07, 6.45) is 9.99. The number of hydrogen-bond acceptors (Lipinski definition) is 4. The van der Waals surface area contributed by atoms with Crippen molar-refractivity contribution in [3.05, 3.63) is 65.2 Å². The van der Waals surface area contributed by atoms with Crippen LogP contribution in [0.25, 0.3) is 0 Å². The minimum atomic E-state index is -0.142. The van der Waals surface area contributed by atoms with E-state index in [1.807, 2.05) is 30.3 Å². The van der Waals surface area contributed by atoms with Gasteiger partial charge in [-0.2, -0.15) is 0 Å². The Bertz CT molecular complexity index is 1230. The maximum absolute atomic E-state index is 13.7. The SMILES string of the molecule is COc1ccc2c(c1)[C@]13CCN(CC4CCCC4)[C@H](C2)[C@]12CC[C@@H]1[C@H]3[C@@H](CN1C(=O)c1ccccc1)O2. The molecule has 5 nitrogen and oxygen atoms in total. The largest absolute Gasteiger partial charge is 0.497 e. The summed E-state index contributed by atoms with van der Waals surface area (Å²) >= 11 is 0. The fraction of sp³-hybridized carbons (Fsp3) is 0.594. The number of likely N-dealkylation sites (tertiary alicyclic amines) is 2. The van der Waals surface area contributed by atoms with E-state index in [2.05, 4.69) is 28.0 Å². The molecule has 3 saturated heterocycles. The second-order valence-corrected chi connectivity index (χ2v) is 12.6. The number of nitrogens with zero attached hydrogens (tertiary/aromatic N) is 2. The van der Waals surface area contributed by atoms with Crippen molar-refractivity contribution in [2.24, 2.45) is 11.8 Å². The summed E-state index contributed by atoms with van der Waals surface area (Å²) in [5, 5.41) is 0. The van der Waals surface area contributed by atoms with E-state index < -0.39 is 0 Å². The van der Waals surface area contributed by atoms with Crippen LogP contribution in [0.2, 0.25) is 0 Å². The zero-order chi connectivity index (χ0) is 24.8. The first kappa shape index (κ1) is 22.6. The average Bonchev–Trinajstić information content (AvgIpc) is 3.61. The molecule has 1 amide bonds. The lowest BCUT2D eigenvalue weighted by Gasteiger charge is -2.65. The van der Waals surface area contributed by atoms with Crippen LogP contribution in [0.3, 0.4) is 0 Å². The van der Waals surface area contributed by atoms with Gasteiger partial charge in [0, 0.05) is 42.1 Å².